The van der Waals surface area contributed by atoms with E-state index in [9.17, 15) is 9.59 Å². The highest BCUT2D eigenvalue weighted by atomic mass is 16.6. The Morgan fingerprint density at radius 1 is 1.30 bits per heavy atom. The van der Waals surface area contributed by atoms with E-state index in [1.807, 2.05) is 26.8 Å². The van der Waals surface area contributed by atoms with Crippen molar-refractivity contribution in [1.82, 2.24) is 4.90 Å². The standard InChI is InChI=1S/C18H21NO4/c1-18(2,3)23-17(21)19-8-7-12-14-9-11(22-4)5-6-13(14)16(20)10-15(12)19/h5-6,9-10,12H,7-8H2,1-4H3. The van der Waals surface area contributed by atoms with Crippen LogP contribution in [0.4, 0.5) is 4.79 Å². The average molecular weight is 315 g/mol. The zero-order chi connectivity index (χ0) is 16.8. The van der Waals surface area contributed by atoms with Crippen molar-refractivity contribution in [3.05, 3.63) is 41.1 Å². The molecule has 1 unspecified atom stereocenters. The summed E-state index contributed by atoms with van der Waals surface area (Å²) >= 11 is 0. The molecular weight excluding hydrogens is 294 g/mol. The number of likely N-dealkylation sites (tertiary alicyclic amines) is 1. The van der Waals surface area contributed by atoms with Crippen molar-refractivity contribution >= 4 is 11.9 Å². The third-order valence-electron chi connectivity index (χ3n) is 4.10. The van der Waals surface area contributed by atoms with Gasteiger partial charge in [-0.3, -0.25) is 9.69 Å². The Hall–Kier alpha value is -2.30. The molecule has 0 bridgehead atoms. The lowest BCUT2D eigenvalue weighted by Gasteiger charge is -2.28. The van der Waals surface area contributed by atoms with Crippen LogP contribution in [0.3, 0.4) is 0 Å². The monoisotopic (exact) mass is 315 g/mol. The predicted octanol–water partition coefficient (Wildman–Crippen LogP) is 3.50. The fourth-order valence-electron chi connectivity index (χ4n) is 3.12. The molecule has 0 spiro atoms. The Bertz CT molecular complexity index is 699. The summed E-state index contributed by atoms with van der Waals surface area (Å²) in [6.45, 7) is 6.05. The molecule has 1 amide bonds. The van der Waals surface area contributed by atoms with Crippen LogP contribution in [-0.4, -0.2) is 36.0 Å². The molecule has 0 aromatic heterocycles. The Morgan fingerprint density at radius 2 is 2.04 bits per heavy atom. The van der Waals surface area contributed by atoms with Gasteiger partial charge in [-0.15, -0.1) is 0 Å². The molecule has 1 fully saturated rings. The van der Waals surface area contributed by atoms with E-state index in [1.165, 1.54) is 0 Å². The molecule has 1 saturated heterocycles. The fourth-order valence-corrected chi connectivity index (χ4v) is 3.12. The first-order valence-electron chi connectivity index (χ1n) is 7.74. The van der Waals surface area contributed by atoms with E-state index in [2.05, 4.69) is 0 Å². The van der Waals surface area contributed by atoms with Gasteiger partial charge >= 0.3 is 6.09 Å². The highest BCUT2D eigenvalue weighted by Crippen LogP contribution is 2.43. The van der Waals surface area contributed by atoms with Crippen molar-refractivity contribution < 1.29 is 19.1 Å². The number of allylic oxidation sites excluding steroid dienone is 2. The average Bonchev–Trinajstić information content (AvgIpc) is 2.89. The Kier molecular flexibility index (Phi) is 3.66. The van der Waals surface area contributed by atoms with Crippen molar-refractivity contribution in [2.75, 3.05) is 13.7 Å². The maximum Gasteiger partial charge on any atom is 0.414 e. The van der Waals surface area contributed by atoms with Crippen LogP contribution in [0.1, 0.15) is 49.0 Å². The van der Waals surface area contributed by atoms with Gasteiger partial charge < -0.3 is 9.47 Å². The largest absolute Gasteiger partial charge is 0.497 e. The predicted molar refractivity (Wildman–Crippen MR) is 85.7 cm³/mol. The summed E-state index contributed by atoms with van der Waals surface area (Å²) in [7, 11) is 1.60. The Balaban J connectivity index is 1.94. The molecule has 1 atom stereocenters. The molecule has 1 aromatic rings. The lowest BCUT2D eigenvalue weighted by molar-refractivity contribution is 0.0337. The van der Waals surface area contributed by atoms with Crippen molar-refractivity contribution in [3.63, 3.8) is 0 Å². The molecule has 0 saturated carbocycles. The molecule has 5 nitrogen and oxygen atoms in total. The highest BCUT2D eigenvalue weighted by Gasteiger charge is 2.39. The zero-order valence-electron chi connectivity index (χ0n) is 13.9. The van der Waals surface area contributed by atoms with Gasteiger partial charge in [0.1, 0.15) is 11.4 Å². The number of hydrogen-bond acceptors (Lipinski definition) is 4. The highest BCUT2D eigenvalue weighted by molar-refractivity contribution is 6.08. The summed E-state index contributed by atoms with van der Waals surface area (Å²) in [6, 6.07) is 5.47. The first-order valence-corrected chi connectivity index (χ1v) is 7.74. The third kappa shape index (κ3) is 2.83. The van der Waals surface area contributed by atoms with Gasteiger partial charge in [0, 0.05) is 29.8 Å². The summed E-state index contributed by atoms with van der Waals surface area (Å²) < 4.78 is 10.7. The number of nitrogens with zero attached hydrogens (tertiary/aromatic N) is 1. The van der Waals surface area contributed by atoms with E-state index >= 15 is 0 Å². The van der Waals surface area contributed by atoms with Crippen LogP contribution in [0.2, 0.25) is 0 Å². The number of carbonyl (C=O) groups excluding carboxylic acids is 2. The van der Waals surface area contributed by atoms with E-state index in [-0.39, 0.29) is 11.7 Å². The Morgan fingerprint density at radius 3 is 2.70 bits per heavy atom. The maximum absolute atomic E-state index is 12.4. The molecular formula is C18H21NO4. The van der Waals surface area contributed by atoms with Gasteiger partial charge in [0.15, 0.2) is 5.78 Å². The summed E-state index contributed by atoms with van der Waals surface area (Å²) in [6.07, 6.45) is 1.94. The topological polar surface area (TPSA) is 55.8 Å². The zero-order valence-corrected chi connectivity index (χ0v) is 13.9. The number of ether oxygens (including phenoxy) is 2. The van der Waals surface area contributed by atoms with Crippen LogP contribution in [0.5, 0.6) is 5.75 Å². The number of rotatable bonds is 1. The molecule has 3 rings (SSSR count). The van der Waals surface area contributed by atoms with Crippen LogP contribution < -0.4 is 4.74 Å². The van der Waals surface area contributed by atoms with Gasteiger partial charge in [0.2, 0.25) is 0 Å². The van der Waals surface area contributed by atoms with Gasteiger partial charge in [0.05, 0.1) is 7.11 Å². The molecule has 122 valence electrons. The van der Waals surface area contributed by atoms with Crippen LogP contribution in [-0.2, 0) is 4.74 Å². The SMILES string of the molecule is COc1ccc2c(c1)C1CCN(C(=O)OC(C)(C)C)C1=CC2=O. The molecule has 1 aliphatic carbocycles. The van der Waals surface area contributed by atoms with Crippen molar-refractivity contribution in [3.8, 4) is 5.75 Å². The summed E-state index contributed by atoms with van der Waals surface area (Å²) in [5.74, 6) is 0.670. The van der Waals surface area contributed by atoms with E-state index in [4.69, 9.17) is 9.47 Å². The summed E-state index contributed by atoms with van der Waals surface area (Å²) in [4.78, 5) is 26.3. The first kappa shape index (κ1) is 15.6. The van der Waals surface area contributed by atoms with E-state index in [0.717, 1.165) is 17.7 Å². The first-order chi connectivity index (χ1) is 10.8. The second-order valence-corrected chi connectivity index (χ2v) is 6.86. The molecule has 1 aromatic carbocycles. The number of carbonyl (C=O) groups is 2. The minimum Gasteiger partial charge on any atom is -0.497 e. The van der Waals surface area contributed by atoms with Crippen LogP contribution in [0, 0.1) is 0 Å². The Labute approximate surface area is 135 Å². The number of benzene rings is 1. The molecule has 23 heavy (non-hydrogen) atoms. The fraction of sp³-hybridized carbons (Fsp3) is 0.444. The lowest BCUT2D eigenvalue weighted by Crippen LogP contribution is -2.35. The van der Waals surface area contributed by atoms with E-state index in [0.29, 0.717) is 17.9 Å². The van der Waals surface area contributed by atoms with Gasteiger partial charge in [-0.25, -0.2) is 4.79 Å². The number of methoxy groups -OCH3 is 1. The quantitative estimate of drug-likeness (QED) is 0.796. The molecule has 1 aliphatic heterocycles. The van der Waals surface area contributed by atoms with Crippen molar-refractivity contribution in [2.24, 2.45) is 0 Å². The smallest absolute Gasteiger partial charge is 0.414 e. The molecule has 0 radical (unpaired) electrons. The van der Waals surface area contributed by atoms with E-state index < -0.39 is 11.7 Å². The third-order valence-corrected chi connectivity index (χ3v) is 4.10. The van der Waals surface area contributed by atoms with Gasteiger partial charge in [-0.1, -0.05) is 0 Å². The van der Waals surface area contributed by atoms with Gasteiger partial charge in [-0.05, 0) is 51.0 Å². The second-order valence-electron chi connectivity index (χ2n) is 6.86. The molecule has 2 aliphatic rings. The maximum atomic E-state index is 12.4. The van der Waals surface area contributed by atoms with Crippen molar-refractivity contribution in [2.45, 2.75) is 38.7 Å². The van der Waals surface area contributed by atoms with Crippen LogP contribution in [0.25, 0.3) is 0 Å². The van der Waals surface area contributed by atoms with E-state index in [1.54, 1.807) is 30.2 Å². The van der Waals surface area contributed by atoms with Gasteiger partial charge in [0.25, 0.3) is 0 Å². The number of ketones is 1. The molecule has 0 N–H and O–H groups in total. The van der Waals surface area contributed by atoms with Crippen molar-refractivity contribution in [1.29, 1.82) is 0 Å². The summed E-state index contributed by atoms with van der Waals surface area (Å²) in [5, 5.41) is 0. The number of fused-ring (bicyclic) bond motifs is 3. The lowest BCUT2D eigenvalue weighted by atomic mass is 9.84. The molecule has 1 heterocycles. The van der Waals surface area contributed by atoms with Crippen LogP contribution >= 0.6 is 0 Å². The number of amides is 1. The second kappa shape index (κ2) is 5.41. The summed E-state index contributed by atoms with van der Waals surface area (Å²) in [5.41, 5.74) is 1.78. The van der Waals surface area contributed by atoms with Gasteiger partial charge in [-0.2, -0.15) is 0 Å². The van der Waals surface area contributed by atoms with Crippen LogP contribution in [0.15, 0.2) is 30.0 Å². The number of hydrogen-bond donors (Lipinski definition) is 0. The minimum absolute atomic E-state index is 0.0327. The normalized spacial score (nSPS) is 19.8. The molecule has 5 heteroatoms. The minimum atomic E-state index is -0.560.